The molecule has 3 N–H and O–H groups in total. The third-order valence-corrected chi connectivity index (χ3v) is 4.51. The number of nitrogens with two attached hydrogens (primary N) is 1. The summed E-state index contributed by atoms with van der Waals surface area (Å²) in [5, 5.41) is 29.0. The van der Waals surface area contributed by atoms with Crippen LogP contribution in [0.25, 0.3) is 0 Å². The number of thioether (sulfide) groups is 1. The molecule has 2 aromatic carbocycles. The van der Waals surface area contributed by atoms with E-state index in [1.165, 1.54) is 31.0 Å². The molecule has 0 bridgehead atoms. The molecule has 7 nitrogen and oxygen atoms in total. The molecule has 0 aliphatic carbocycles. The number of hydrogen-bond acceptors (Lipinski definition) is 6. The van der Waals surface area contributed by atoms with E-state index in [9.17, 15) is 15.2 Å². The van der Waals surface area contributed by atoms with Crippen LogP contribution in [0.5, 0.6) is 5.75 Å². The normalized spacial score (nSPS) is 11.8. The van der Waals surface area contributed by atoms with Gasteiger partial charge in [-0.05, 0) is 18.6 Å². The van der Waals surface area contributed by atoms with Crippen LogP contribution < -0.4 is 5.73 Å². The van der Waals surface area contributed by atoms with Gasteiger partial charge in [-0.25, -0.2) is 0 Å². The molecule has 0 heterocycles. The van der Waals surface area contributed by atoms with Crippen molar-refractivity contribution in [3.8, 4) is 5.75 Å². The van der Waals surface area contributed by atoms with E-state index < -0.39 is 16.4 Å². The Morgan fingerprint density at radius 1 is 1.44 bits per heavy atom. The Morgan fingerprint density at radius 2 is 2.12 bits per heavy atom. The van der Waals surface area contributed by atoms with Gasteiger partial charge >= 0.3 is 5.69 Å². The molecule has 0 saturated carbocycles. The molecule has 0 aliphatic rings. The predicted molar refractivity (Wildman–Crippen MR) is 101 cm³/mol. The van der Waals surface area contributed by atoms with E-state index in [-0.39, 0.29) is 21.3 Å². The number of benzene rings is 2. The molecule has 0 amide bonds. The lowest BCUT2D eigenvalue weighted by Gasteiger charge is -2.05. The monoisotopic (exact) mass is 378 g/mol. The maximum absolute atomic E-state index is 11.0. The number of nitrogens with zero attached hydrogens (tertiary/aromatic N) is 3. The average Bonchev–Trinajstić information content (AvgIpc) is 2.58. The summed E-state index contributed by atoms with van der Waals surface area (Å²) in [6, 6.07) is 11.1. The van der Waals surface area contributed by atoms with Gasteiger partial charge in [-0.1, -0.05) is 53.7 Å². The van der Waals surface area contributed by atoms with Gasteiger partial charge in [0.05, 0.1) is 16.2 Å². The summed E-state index contributed by atoms with van der Waals surface area (Å²) < 4.78 is 0. The van der Waals surface area contributed by atoms with E-state index in [0.29, 0.717) is 5.75 Å². The lowest BCUT2D eigenvalue weighted by atomic mass is 10.1. The molecule has 2 rings (SSSR count). The second-order valence-corrected chi connectivity index (χ2v) is 6.39. The molecule has 2 aromatic rings. The van der Waals surface area contributed by atoms with Crippen LogP contribution in [0.3, 0.4) is 0 Å². The van der Waals surface area contributed by atoms with E-state index in [1.54, 1.807) is 0 Å². The van der Waals surface area contributed by atoms with Gasteiger partial charge in [-0.3, -0.25) is 10.1 Å². The van der Waals surface area contributed by atoms with Crippen LogP contribution in [-0.2, 0) is 5.75 Å². The Balaban J connectivity index is 2.12. The Morgan fingerprint density at radius 3 is 2.76 bits per heavy atom. The Kier molecular flexibility index (Phi) is 6.37. The zero-order chi connectivity index (χ0) is 18.4. The molecule has 0 aliphatic heterocycles. The van der Waals surface area contributed by atoms with E-state index in [0.717, 1.165) is 5.56 Å². The fraction of sp³-hybridized carbons (Fsp3) is 0.125. The van der Waals surface area contributed by atoms with Crippen LogP contribution in [0.1, 0.15) is 16.7 Å². The molecule has 0 fully saturated rings. The number of nitro groups is 1. The van der Waals surface area contributed by atoms with Gasteiger partial charge in [0.1, 0.15) is 0 Å². The third kappa shape index (κ3) is 4.94. The third-order valence-electron chi connectivity index (χ3n) is 3.26. The summed E-state index contributed by atoms with van der Waals surface area (Å²) in [4.78, 5) is 10.3. The number of amidine groups is 1. The highest BCUT2D eigenvalue weighted by Gasteiger charge is 2.22. The standard InChI is InChI=1S/C16H15ClN4O3S/c1-10-13(17)7-12(15(22)14(10)21(23)24)8-19-20-16(18)25-9-11-5-3-2-4-6-11/h2-8,22H,9H2,1H3,(H2,18,20). The highest BCUT2D eigenvalue weighted by Crippen LogP contribution is 2.36. The van der Waals surface area contributed by atoms with Crippen molar-refractivity contribution < 1.29 is 10.0 Å². The molecule has 0 saturated heterocycles. The molecule has 0 radical (unpaired) electrons. The average molecular weight is 379 g/mol. The van der Waals surface area contributed by atoms with E-state index in [4.69, 9.17) is 17.3 Å². The van der Waals surface area contributed by atoms with Crippen molar-refractivity contribution in [2.75, 3.05) is 0 Å². The minimum atomic E-state index is -0.693. The van der Waals surface area contributed by atoms with Gasteiger partial charge in [-0.15, -0.1) is 5.10 Å². The summed E-state index contributed by atoms with van der Waals surface area (Å²) in [5.41, 5.74) is 6.67. The summed E-state index contributed by atoms with van der Waals surface area (Å²) >= 11 is 7.25. The number of nitro benzene ring substituents is 1. The summed E-state index contributed by atoms with van der Waals surface area (Å²) in [7, 11) is 0. The van der Waals surface area contributed by atoms with Crippen LogP contribution in [0.2, 0.25) is 5.02 Å². The number of halogens is 1. The molecule has 0 unspecified atom stereocenters. The largest absolute Gasteiger partial charge is 0.502 e. The van der Waals surface area contributed by atoms with E-state index >= 15 is 0 Å². The maximum atomic E-state index is 11.0. The molecule has 9 heteroatoms. The highest BCUT2D eigenvalue weighted by atomic mass is 35.5. The van der Waals surface area contributed by atoms with Crippen LogP contribution in [0.4, 0.5) is 5.69 Å². The number of hydrogen-bond donors (Lipinski definition) is 2. The van der Waals surface area contributed by atoms with Crippen molar-refractivity contribution in [2.45, 2.75) is 12.7 Å². The van der Waals surface area contributed by atoms with Crippen molar-refractivity contribution in [3.05, 3.63) is 68.2 Å². The quantitative estimate of drug-likeness (QED) is 0.355. The second-order valence-electron chi connectivity index (χ2n) is 4.98. The lowest BCUT2D eigenvalue weighted by Crippen LogP contribution is -2.06. The fourth-order valence-corrected chi connectivity index (χ4v) is 2.79. The zero-order valence-electron chi connectivity index (χ0n) is 13.2. The molecule has 25 heavy (non-hydrogen) atoms. The maximum Gasteiger partial charge on any atom is 0.315 e. The van der Waals surface area contributed by atoms with Crippen molar-refractivity contribution in [3.63, 3.8) is 0 Å². The predicted octanol–water partition coefficient (Wildman–Crippen LogP) is 3.84. The first-order chi connectivity index (χ1) is 11.9. The smallest absolute Gasteiger partial charge is 0.315 e. The van der Waals surface area contributed by atoms with Crippen LogP contribution >= 0.6 is 23.4 Å². The van der Waals surface area contributed by atoms with Gasteiger partial charge in [0.25, 0.3) is 0 Å². The van der Waals surface area contributed by atoms with Gasteiger partial charge in [0, 0.05) is 16.9 Å². The van der Waals surface area contributed by atoms with Gasteiger partial charge < -0.3 is 10.8 Å². The minimum absolute atomic E-state index is 0.0897. The molecule has 0 atom stereocenters. The lowest BCUT2D eigenvalue weighted by molar-refractivity contribution is -0.386. The SMILES string of the molecule is Cc1c(Cl)cc(C=NN=C(N)SCc2ccccc2)c(O)c1[N+](=O)[O-]. The first-order valence-corrected chi connectivity index (χ1v) is 8.46. The van der Waals surface area contributed by atoms with Crippen LogP contribution in [0, 0.1) is 17.0 Å². The van der Waals surface area contributed by atoms with E-state index in [2.05, 4.69) is 10.2 Å². The Labute approximate surface area is 153 Å². The fourth-order valence-electron chi connectivity index (χ4n) is 1.97. The van der Waals surface area contributed by atoms with Crippen molar-refractivity contribution in [1.82, 2.24) is 0 Å². The molecular formula is C16H15ClN4O3S. The Hall–Kier alpha value is -2.58. The van der Waals surface area contributed by atoms with Gasteiger partial charge in [0.15, 0.2) is 5.17 Å². The van der Waals surface area contributed by atoms with Crippen molar-refractivity contribution in [2.24, 2.45) is 15.9 Å². The number of phenols is 1. The second kappa shape index (κ2) is 8.50. The first kappa shape index (κ1) is 18.8. The van der Waals surface area contributed by atoms with Gasteiger partial charge in [0.2, 0.25) is 5.75 Å². The molecule has 130 valence electrons. The van der Waals surface area contributed by atoms with E-state index in [1.807, 2.05) is 30.3 Å². The van der Waals surface area contributed by atoms with Crippen molar-refractivity contribution >= 4 is 40.4 Å². The summed E-state index contributed by atoms with van der Waals surface area (Å²) in [6.07, 6.45) is 1.17. The zero-order valence-corrected chi connectivity index (χ0v) is 14.8. The summed E-state index contributed by atoms with van der Waals surface area (Å²) in [6.45, 7) is 1.46. The first-order valence-electron chi connectivity index (χ1n) is 7.09. The highest BCUT2D eigenvalue weighted by molar-refractivity contribution is 8.13. The Bertz CT molecular complexity index is 841. The van der Waals surface area contributed by atoms with Gasteiger partial charge in [-0.2, -0.15) is 5.10 Å². The number of rotatable bonds is 5. The molecular weight excluding hydrogens is 364 g/mol. The molecule has 0 spiro atoms. The molecule has 0 aromatic heterocycles. The number of phenolic OH excluding ortho intramolecular Hbond substituents is 1. The minimum Gasteiger partial charge on any atom is -0.502 e. The van der Waals surface area contributed by atoms with Crippen LogP contribution in [-0.4, -0.2) is 21.4 Å². The number of aromatic hydroxyl groups is 1. The van der Waals surface area contributed by atoms with Crippen LogP contribution in [0.15, 0.2) is 46.6 Å². The topological polar surface area (TPSA) is 114 Å². The van der Waals surface area contributed by atoms with Crippen molar-refractivity contribution in [1.29, 1.82) is 0 Å². The summed E-state index contributed by atoms with van der Waals surface area (Å²) in [5.74, 6) is 0.125.